The van der Waals surface area contributed by atoms with E-state index in [2.05, 4.69) is 11.6 Å². The number of hydrogen-bond acceptors (Lipinski definition) is 4. The Kier molecular flexibility index (Phi) is 5.27. The van der Waals surface area contributed by atoms with Crippen LogP contribution in [0.5, 0.6) is 0 Å². The fourth-order valence-electron chi connectivity index (χ4n) is 3.36. The maximum atomic E-state index is 12.4. The molecular weight excluding hydrogens is 290 g/mol. The van der Waals surface area contributed by atoms with Crippen LogP contribution in [0.25, 0.3) is 0 Å². The molecule has 0 spiro atoms. The lowest BCUT2D eigenvalue weighted by Gasteiger charge is -2.39. The quantitative estimate of drug-likeness (QED) is 0.508. The SMILES string of the molecule is CCC1CCC(NS(=O)(=O)CC2CCCO2)(C(=N)N)CC1. The van der Waals surface area contributed by atoms with Crippen molar-refractivity contribution in [3.63, 3.8) is 0 Å². The lowest BCUT2D eigenvalue weighted by molar-refractivity contribution is 0.127. The molecule has 1 saturated heterocycles. The molecule has 1 aliphatic heterocycles. The van der Waals surface area contributed by atoms with Crippen LogP contribution < -0.4 is 10.5 Å². The van der Waals surface area contributed by atoms with Gasteiger partial charge in [0.2, 0.25) is 10.0 Å². The van der Waals surface area contributed by atoms with Gasteiger partial charge >= 0.3 is 0 Å². The van der Waals surface area contributed by atoms with Crippen molar-refractivity contribution >= 4 is 15.9 Å². The lowest BCUT2D eigenvalue weighted by Crippen LogP contribution is -2.59. The Bertz CT molecular complexity index is 464. The molecule has 2 fully saturated rings. The van der Waals surface area contributed by atoms with Crippen LogP contribution >= 0.6 is 0 Å². The molecule has 4 N–H and O–H groups in total. The highest BCUT2D eigenvalue weighted by molar-refractivity contribution is 7.89. The summed E-state index contributed by atoms with van der Waals surface area (Å²) in [5, 5.41) is 7.84. The fraction of sp³-hybridized carbons (Fsp3) is 0.929. The maximum Gasteiger partial charge on any atom is 0.215 e. The first-order chi connectivity index (χ1) is 9.87. The number of nitrogens with two attached hydrogens (primary N) is 1. The monoisotopic (exact) mass is 317 g/mol. The molecule has 6 nitrogen and oxygen atoms in total. The van der Waals surface area contributed by atoms with Crippen molar-refractivity contribution in [1.82, 2.24) is 4.72 Å². The second-order valence-corrected chi connectivity index (χ2v) is 8.13. The van der Waals surface area contributed by atoms with Gasteiger partial charge in [-0.15, -0.1) is 0 Å². The van der Waals surface area contributed by atoms with Crippen LogP contribution in [-0.4, -0.2) is 38.3 Å². The van der Waals surface area contributed by atoms with E-state index in [0.29, 0.717) is 25.4 Å². The minimum Gasteiger partial charge on any atom is -0.386 e. The van der Waals surface area contributed by atoms with Crippen LogP contribution in [-0.2, 0) is 14.8 Å². The van der Waals surface area contributed by atoms with Gasteiger partial charge in [0.05, 0.1) is 17.4 Å². The molecule has 21 heavy (non-hydrogen) atoms. The summed E-state index contributed by atoms with van der Waals surface area (Å²) in [5.74, 6) is 0.521. The van der Waals surface area contributed by atoms with Gasteiger partial charge in [-0.25, -0.2) is 13.1 Å². The minimum atomic E-state index is -3.49. The number of amidine groups is 1. The van der Waals surface area contributed by atoms with Crippen LogP contribution in [0.15, 0.2) is 0 Å². The Balaban J connectivity index is 2.03. The Morgan fingerprint density at radius 2 is 2.05 bits per heavy atom. The number of sulfonamides is 1. The molecule has 1 unspecified atom stereocenters. The van der Waals surface area contributed by atoms with Crippen LogP contribution in [0.2, 0.25) is 0 Å². The molecule has 0 aromatic carbocycles. The molecule has 1 heterocycles. The molecule has 0 aromatic rings. The first kappa shape index (κ1) is 16.7. The van der Waals surface area contributed by atoms with Gasteiger partial charge in [-0.3, -0.25) is 5.41 Å². The van der Waals surface area contributed by atoms with E-state index in [1.54, 1.807) is 0 Å². The van der Waals surface area contributed by atoms with Crippen LogP contribution in [0.1, 0.15) is 51.9 Å². The molecule has 2 rings (SSSR count). The van der Waals surface area contributed by atoms with Crippen molar-refractivity contribution in [3.8, 4) is 0 Å². The predicted molar refractivity (Wildman–Crippen MR) is 82.8 cm³/mol. The maximum absolute atomic E-state index is 12.4. The summed E-state index contributed by atoms with van der Waals surface area (Å²) in [6, 6.07) is 0. The highest BCUT2D eigenvalue weighted by atomic mass is 32.2. The second kappa shape index (κ2) is 6.62. The summed E-state index contributed by atoms with van der Waals surface area (Å²) in [4.78, 5) is 0. The third kappa shape index (κ3) is 4.17. The predicted octanol–water partition coefficient (Wildman–Crippen LogP) is 1.36. The molecule has 122 valence electrons. The van der Waals surface area contributed by atoms with Gasteiger partial charge in [0.25, 0.3) is 0 Å². The number of hydrogen-bond donors (Lipinski definition) is 3. The number of nitrogens with one attached hydrogen (secondary N) is 2. The molecule has 7 heteroatoms. The summed E-state index contributed by atoms with van der Waals surface area (Å²) in [6.07, 6.45) is 5.63. The summed E-state index contributed by atoms with van der Waals surface area (Å²) >= 11 is 0. The van der Waals surface area contributed by atoms with Gasteiger partial charge in [0.1, 0.15) is 5.84 Å². The van der Waals surface area contributed by atoms with Crippen molar-refractivity contribution in [3.05, 3.63) is 0 Å². The Labute approximate surface area is 127 Å². The van der Waals surface area contributed by atoms with Gasteiger partial charge in [0.15, 0.2) is 0 Å². The van der Waals surface area contributed by atoms with E-state index < -0.39 is 15.6 Å². The van der Waals surface area contributed by atoms with Gasteiger partial charge < -0.3 is 10.5 Å². The molecular formula is C14H27N3O3S. The summed E-state index contributed by atoms with van der Waals surface area (Å²) < 4.78 is 32.9. The van der Waals surface area contributed by atoms with Crippen molar-refractivity contribution in [2.75, 3.05) is 12.4 Å². The van der Waals surface area contributed by atoms with Crippen LogP contribution in [0.3, 0.4) is 0 Å². The third-order valence-corrected chi connectivity index (χ3v) is 6.34. The van der Waals surface area contributed by atoms with Crippen LogP contribution in [0, 0.1) is 11.3 Å². The van der Waals surface area contributed by atoms with Crippen molar-refractivity contribution in [2.45, 2.75) is 63.5 Å². The molecule has 1 atom stereocenters. The van der Waals surface area contributed by atoms with E-state index in [4.69, 9.17) is 15.9 Å². The smallest absolute Gasteiger partial charge is 0.215 e. The van der Waals surface area contributed by atoms with Crippen molar-refractivity contribution in [1.29, 1.82) is 5.41 Å². The minimum absolute atomic E-state index is 0.0285. The summed E-state index contributed by atoms with van der Waals surface area (Å²) in [6.45, 7) is 2.78. The van der Waals surface area contributed by atoms with Crippen LogP contribution in [0.4, 0.5) is 0 Å². The highest BCUT2D eigenvalue weighted by Gasteiger charge is 2.41. The zero-order valence-electron chi connectivity index (χ0n) is 12.7. The average Bonchev–Trinajstić information content (AvgIpc) is 2.91. The van der Waals surface area contributed by atoms with Gasteiger partial charge in [-0.05, 0) is 44.4 Å². The van der Waals surface area contributed by atoms with Gasteiger partial charge in [-0.2, -0.15) is 0 Å². The zero-order valence-corrected chi connectivity index (χ0v) is 13.5. The molecule has 0 aromatic heterocycles. The zero-order chi connectivity index (χ0) is 15.5. The standard InChI is InChI=1S/C14H27N3O3S/c1-2-11-5-7-14(8-6-11,13(15)16)17-21(18,19)10-12-4-3-9-20-12/h11-12,17H,2-10H2,1H3,(H3,15,16). The van der Waals surface area contributed by atoms with E-state index in [1.165, 1.54) is 0 Å². The third-order valence-electron chi connectivity index (χ3n) is 4.83. The van der Waals surface area contributed by atoms with E-state index in [9.17, 15) is 8.42 Å². The Hall–Kier alpha value is -0.660. The highest BCUT2D eigenvalue weighted by Crippen LogP contribution is 2.34. The topological polar surface area (TPSA) is 105 Å². The van der Waals surface area contributed by atoms with E-state index >= 15 is 0 Å². The first-order valence-corrected chi connectivity index (χ1v) is 9.50. The molecule has 1 aliphatic carbocycles. The van der Waals surface area contributed by atoms with Crippen molar-refractivity contribution < 1.29 is 13.2 Å². The Morgan fingerprint density at radius 3 is 2.52 bits per heavy atom. The van der Waals surface area contributed by atoms with Gasteiger partial charge in [-0.1, -0.05) is 13.3 Å². The molecule has 0 radical (unpaired) electrons. The summed E-state index contributed by atoms with van der Waals surface area (Å²) in [5.41, 5.74) is 4.84. The first-order valence-electron chi connectivity index (χ1n) is 7.84. The lowest BCUT2D eigenvalue weighted by atomic mass is 9.75. The normalized spacial score (nSPS) is 34.0. The number of ether oxygens (including phenoxy) is 1. The van der Waals surface area contributed by atoms with Gasteiger partial charge in [0, 0.05) is 6.61 Å². The van der Waals surface area contributed by atoms with Crippen molar-refractivity contribution in [2.24, 2.45) is 11.7 Å². The average molecular weight is 317 g/mol. The largest absolute Gasteiger partial charge is 0.386 e. The second-order valence-electron chi connectivity index (χ2n) is 6.37. The van der Waals surface area contributed by atoms with E-state index in [1.807, 2.05) is 0 Å². The molecule has 0 bridgehead atoms. The Morgan fingerprint density at radius 1 is 1.38 bits per heavy atom. The summed E-state index contributed by atoms with van der Waals surface area (Å²) in [7, 11) is -3.49. The van der Waals surface area contributed by atoms with E-state index in [0.717, 1.165) is 32.1 Å². The number of rotatable bonds is 6. The molecule has 0 amide bonds. The fourth-order valence-corrected chi connectivity index (χ4v) is 5.11. The van der Waals surface area contributed by atoms with E-state index in [-0.39, 0.29) is 17.7 Å². The molecule has 1 saturated carbocycles. The molecule has 2 aliphatic rings.